The van der Waals surface area contributed by atoms with Crippen molar-refractivity contribution in [1.82, 2.24) is 9.80 Å². The standard InChI is InChI=1S/2C25H23F3N2O2S.2ClH.H2O/c2*1-32-20-8-5-9-21(17-20)33-23-11-3-2-10-22(23)24(31)30-14-12-29(13-15-30)19-7-4-6-18(16-19)25(26,27)28;;;/h2*2-11,16-17H,12-15H2,1H3;2*1H;1H2. The molecule has 2 aliphatic rings. The van der Waals surface area contributed by atoms with Gasteiger partial charge in [-0.25, -0.2) is 0 Å². The van der Waals surface area contributed by atoms with Crippen LogP contribution in [0.5, 0.6) is 11.5 Å². The van der Waals surface area contributed by atoms with Crippen molar-refractivity contribution in [2.24, 2.45) is 0 Å². The number of benzene rings is 6. The Morgan fingerprint density at radius 2 is 0.812 bits per heavy atom. The lowest BCUT2D eigenvalue weighted by Gasteiger charge is -2.36. The van der Waals surface area contributed by atoms with Crippen molar-refractivity contribution in [3.63, 3.8) is 0 Å². The average Bonchev–Trinajstić information content (AvgIpc) is 3.34. The smallest absolute Gasteiger partial charge is 0.416 e. The van der Waals surface area contributed by atoms with Gasteiger partial charge in [0.2, 0.25) is 0 Å². The number of rotatable bonds is 10. The van der Waals surface area contributed by atoms with Crippen molar-refractivity contribution < 1.29 is 50.9 Å². The van der Waals surface area contributed by atoms with Gasteiger partial charge in [-0.05, 0) is 97.1 Å². The van der Waals surface area contributed by atoms with Crippen molar-refractivity contribution >= 4 is 71.5 Å². The number of alkyl halides is 6. The Hall–Kier alpha value is -5.72. The molecule has 0 radical (unpaired) electrons. The second-order valence-corrected chi connectivity index (χ2v) is 17.4. The maximum absolute atomic E-state index is 13.3. The molecule has 2 saturated heterocycles. The molecule has 0 bridgehead atoms. The number of carbonyl (C=O) groups excluding carboxylic acids is 2. The molecule has 0 aliphatic carbocycles. The molecule has 0 atom stereocenters. The Labute approximate surface area is 417 Å². The lowest BCUT2D eigenvalue weighted by molar-refractivity contribution is -0.138. The normalized spacial score (nSPS) is 13.7. The number of anilines is 2. The maximum Gasteiger partial charge on any atom is 0.416 e. The Morgan fingerprint density at radius 1 is 0.464 bits per heavy atom. The molecule has 69 heavy (non-hydrogen) atoms. The molecule has 0 aromatic heterocycles. The van der Waals surface area contributed by atoms with Gasteiger partial charge < -0.3 is 34.5 Å². The summed E-state index contributed by atoms with van der Waals surface area (Å²) in [5.41, 5.74) is 0.927. The van der Waals surface area contributed by atoms with Gasteiger partial charge in [0.25, 0.3) is 11.8 Å². The van der Waals surface area contributed by atoms with Crippen LogP contribution in [0.25, 0.3) is 0 Å². The van der Waals surface area contributed by atoms with Gasteiger partial charge in [0.1, 0.15) is 11.5 Å². The first-order chi connectivity index (χ1) is 31.7. The Balaban J connectivity index is 0.000000288. The van der Waals surface area contributed by atoms with Gasteiger partial charge in [0.15, 0.2) is 0 Å². The van der Waals surface area contributed by atoms with Crippen LogP contribution in [0.2, 0.25) is 0 Å². The lowest BCUT2D eigenvalue weighted by Crippen LogP contribution is -2.49. The summed E-state index contributed by atoms with van der Waals surface area (Å²) in [6.45, 7) is 3.63. The SMILES string of the molecule is COc1cccc(Sc2ccccc2C(=O)N2CCN(c3cccc(C(F)(F)F)c3)CC2)c1.COc1cccc(Sc2ccccc2C(=O)N2CCN(c3cccc(C(F)(F)F)c3)CC2)c1.Cl.Cl.O. The lowest BCUT2D eigenvalue weighted by atomic mass is 10.1. The average molecular weight is 1040 g/mol. The summed E-state index contributed by atoms with van der Waals surface area (Å²) in [7, 11) is 3.22. The number of halogens is 8. The van der Waals surface area contributed by atoms with Gasteiger partial charge in [-0.1, -0.05) is 72.1 Å². The van der Waals surface area contributed by atoms with Gasteiger partial charge >= 0.3 is 12.4 Å². The van der Waals surface area contributed by atoms with E-state index in [1.807, 2.05) is 107 Å². The van der Waals surface area contributed by atoms with Crippen LogP contribution in [0.3, 0.4) is 0 Å². The third-order valence-electron chi connectivity index (χ3n) is 11.0. The van der Waals surface area contributed by atoms with E-state index < -0.39 is 23.5 Å². The van der Waals surface area contributed by atoms with Crippen molar-refractivity contribution in [2.45, 2.75) is 31.9 Å². The van der Waals surface area contributed by atoms with Gasteiger partial charge in [0.05, 0.1) is 36.5 Å². The molecule has 0 unspecified atom stereocenters. The van der Waals surface area contributed by atoms with Gasteiger partial charge in [0, 0.05) is 83.3 Å². The minimum atomic E-state index is -4.38. The van der Waals surface area contributed by atoms with E-state index in [0.29, 0.717) is 74.9 Å². The maximum atomic E-state index is 13.3. The Kier molecular flexibility index (Phi) is 20.4. The number of amides is 2. The van der Waals surface area contributed by atoms with Crippen molar-refractivity contribution in [1.29, 1.82) is 0 Å². The summed E-state index contributed by atoms with van der Waals surface area (Å²) in [5, 5.41) is 0. The molecule has 2 amide bonds. The van der Waals surface area contributed by atoms with Crippen LogP contribution < -0.4 is 19.3 Å². The minimum absolute atomic E-state index is 0. The van der Waals surface area contributed by atoms with E-state index >= 15 is 0 Å². The number of ether oxygens (including phenoxy) is 2. The molecule has 0 saturated carbocycles. The molecule has 2 heterocycles. The van der Waals surface area contributed by atoms with Crippen LogP contribution in [0.4, 0.5) is 37.7 Å². The number of nitrogens with zero attached hydrogens (tertiary/aromatic N) is 4. The van der Waals surface area contributed by atoms with E-state index in [4.69, 9.17) is 9.47 Å². The van der Waals surface area contributed by atoms with E-state index in [2.05, 4.69) is 0 Å². The summed E-state index contributed by atoms with van der Waals surface area (Å²) in [6, 6.07) is 40.8. The first-order valence-electron chi connectivity index (χ1n) is 20.9. The van der Waals surface area contributed by atoms with Crippen LogP contribution in [0.15, 0.2) is 165 Å². The number of methoxy groups -OCH3 is 2. The molecule has 19 heteroatoms. The predicted molar refractivity (Wildman–Crippen MR) is 264 cm³/mol. The highest BCUT2D eigenvalue weighted by molar-refractivity contribution is 7.99. The van der Waals surface area contributed by atoms with Gasteiger partial charge in [-0.15, -0.1) is 24.8 Å². The second-order valence-electron chi connectivity index (χ2n) is 15.2. The van der Waals surface area contributed by atoms with Crippen LogP contribution in [0.1, 0.15) is 31.8 Å². The first kappa shape index (κ1) is 55.9. The molecule has 2 N–H and O–H groups in total. The second kappa shape index (κ2) is 25.2. The zero-order chi connectivity index (χ0) is 46.8. The third kappa shape index (κ3) is 14.7. The summed E-state index contributed by atoms with van der Waals surface area (Å²) >= 11 is 2.99. The highest BCUT2D eigenvalue weighted by atomic mass is 35.5. The zero-order valence-corrected chi connectivity index (χ0v) is 40.6. The molecule has 9 nitrogen and oxygen atoms in total. The molecule has 2 aliphatic heterocycles. The van der Waals surface area contributed by atoms with Crippen LogP contribution in [-0.2, 0) is 12.4 Å². The largest absolute Gasteiger partial charge is 0.497 e. The van der Waals surface area contributed by atoms with E-state index in [-0.39, 0.29) is 42.1 Å². The molecular formula is C50H50Cl2F6N4O5S2. The molecule has 0 spiro atoms. The fraction of sp³-hybridized carbons (Fsp3) is 0.240. The van der Waals surface area contributed by atoms with Crippen molar-refractivity contribution in [3.8, 4) is 11.5 Å². The van der Waals surface area contributed by atoms with E-state index in [0.717, 1.165) is 55.3 Å². The Morgan fingerprint density at radius 3 is 1.16 bits per heavy atom. The molecule has 6 aromatic carbocycles. The monoisotopic (exact) mass is 1030 g/mol. The van der Waals surface area contributed by atoms with Crippen molar-refractivity contribution in [2.75, 3.05) is 76.4 Å². The zero-order valence-electron chi connectivity index (χ0n) is 37.3. The van der Waals surface area contributed by atoms with Gasteiger partial charge in [-0.3, -0.25) is 9.59 Å². The van der Waals surface area contributed by atoms with Gasteiger partial charge in [-0.2, -0.15) is 26.3 Å². The fourth-order valence-electron chi connectivity index (χ4n) is 7.48. The number of hydrogen-bond donors (Lipinski definition) is 0. The minimum Gasteiger partial charge on any atom is -0.497 e. The van der Waals surface area contributed by atoms with E-state index in [1.165, 1.54) is 35.7 Å². The molecule has 368 valence electrons. The summed E-state index contributed by atoms with van der Waals surface area (Å²) in [5.74, 6) is 1.33. The highest BCUT2D eigenvalue weighted by Crippen LogP contribution is 2.36. The molecule has 2 fully saturated rings. The summed E-state index contributed by atoms with van der Waals surface area (Å²) < 4.78 is 88.8. The predicted octanol–water partition coefficient (Wildman–Crippen LogP) is 11.7. The number of piperazine rings is 2. The Bertz CT molecular complexity index is 2450. The highest BCUT2D eigenvalue weighted by Gasteiger charge is 2.33. The van der Waals surface area contributed by atoms with Crippen LogP contribution >= 0.6 is 48.3 Å². The molecule has 6 aromatic rings. The molecular weight excluding hydrogens is 986 g/mol. The quantitative estimate of drug-likeness (QED) is 0.125. The third-order valence-corrected chi connectivity index (χ3v) is 13.1. The van der Waals surface area contributed by atoms with Crippen LogP contribution in [-0.4, -0.2) is 93.7 Å². The topological polar surface area (TPSA) is 97.1 Å². The number of carbonyl (C=O) groups is 2. The van der Waals surface area contributed by atoms with E-state index in [9.17, 15) is 35.9 Å². The van der Waals surface area contributed by atoms with Crippen LogP contribution in [0, 0.1) is 0 Å². The fourth-order valence-corrected chi connectivity index (χ4v) is 9.46. The summed E-state index contributed by atoms with van der Waals surface area (Å²) in [6.07, 6.45) is -8.75. The first-order valence-corrected chi connectivity index (χ1v) is 22.6. The van der Waals surface area contributed by atoms with Crippen molar-refractivity contribution in [3.05, 3.63) is 168 Å². The summed E-state index contributed by atoms with van der Waals surface area (Å²) in [4.78, 5) is 37.5. The molecule has 8 rings (SSSR count). The van der Waals surface area contributed by atoms with E-state index in [1.54, 1.807) is 36.2 Å². The number of hydrogen-bond acceptors (Lipinski definition) is 8.